The van der Waals surface area contributed by atoms with Crippen LogP contribution in [0.2, 0.25) is 0 Å². The number of aliphatic hydroxyl groups excluding tert-OH is 3. The van der Waals surface area contributed by atoms with Crippen molar-refractivity contribution in [2.75, 3.05) is 79.2 Å². The van der Waals surface area contributed by atoms with Crippen molar-refractivity contribution in [3.8, 4) is 23.3 Å². The SMILES string of the molecule is O=C[C@H]1O[C@@H](Oc2c[nH]c3cc(Br)c(OCCOCCOCCOC(=O)NCCOCCOCCCC(=O)OCC4[C@H]5CCC#CCC[C@@H]45)c(Br)c23)[C@H](O)[C@@H](O)[C@@H]1O. The van der Waals surface area contributed by atoms with Crippen molar-refractivity contribution < 1.29 is 72.3 Å². The number of esters is 1. The van der Waals surface area contributed by atoms with Crippen LogP contribution in [-0.4, -0.2) is 149 Å². The number of aldehydes is 1. The number of amides is 1. The Balaban J connectivity index is 0.818. The van der Waals surface area contributed by atoms with Gasteiger partial charge in [-0.25, -0.2) is 4.79 Å². The van der Waals surface area contributed by atoms with Gasteiger partial charge in [-0.15, -0.1) is 11.8 Å². The summed E-state index contributed by atoms with van der Waals surface area (Å²) in [4.78, 5) is 38.3. The van der Waals surface area contributed by atoms with E-state index in [9.17, 15) is 29.7 Å². The molecule has 2 heterocycles. The number of hydrogen-bond donors (Lipinski definition) is 5. The molecule has 5 N–H and O–H groups in total. The van der Waals surface area contributed by atoms with Gasteiger partial charge in [0.15, 0.2) is 6.29 Å². The predicted octanol–water partition coefficient (Wildman–Crippen LogP) is 3.01. The molecule has 0 radical (unpaired) electrons. The molecule has 1 saturated carbocycles. The highest BCUT2D eigenvalue weighted by Gasteiger charge is 2.49. The summed E-state index contributed by atoms with van der Waals surface area (Å²) in [5.41, 5.74) is 0.646. The average molecular weight is 949 g/mol. The molecule has 2 fully saturated rings. The zero-order chi connectivity index (χ0) is 41.3. The maximum Gasteiger partial charge on any atom is 0.407 e. The fraction of sp³-hybridized carbons (Fsp3) is 0.667. The number of aromatic nitrogens is 1. The second-order valence-electron chi connectivity index (χ2n) is 13.8. The normalized spacial score (nSPS) is 25.1. The largest absolute Gasteiger partial charge is 0.489 e. The topological polar surface area (TPSA) is 223 Å². The number of benzene rings is 1. The van der Waals surface area contributed by atoms with Crippen molar-refractivity contribution in [2.24, 2.45) is 17.8 Å². The Hall–Kier alpha value is -3.03. The second kappa shape index (κ2) is 24.3. The van der Waals surface area contributed by atoms with Gasteiger partial charge >= 0.3 is 12.1 Å². The van der Waals surface area contributed by atoms with E-state index in [-0.39, 0.29) is 57.9 Å². The molecule has 1 amide bonds. The molecule has 5 rings (SSSR count). The van der Waals surface area contributed by atoms with Crippen LogP contribution >= 0.6 is 31.9 Å². The van der Waals surface area contributed by atoms with E-state index in [0.29, 0.717) is 95.5 Å². The lowest BCUT2D eigenvalue weighted by Crippen LogP contribution is -2.59. The van der Waals surface area contributed by atoms with Gasteiger partial charge in [0.2, 0.25) is 6.29 Å². The standard InChI is InChI=1S/C39H52Br2N2O15/c40-27-20-28-32(29(21-43-28)57-38-36(48)35(47)34(46)30(22-44)58-38)33(41)37(27)54-18-16-52-14-15-53-17-19-55-39(49)42-9-11-51-13-12-50-10-5-8-31(45)56-23-26-24-6-3-1-2-4-7-25(24)26/h20-22,24-26,30,34-36,38,43,46-48H,3-19,23H2,(H,42,49)/t24-,25+,26?,30-,34-,35+,36-,38-/m1/s1. The first-order valence-electron chi connectivity index (χ1n) is 19.5. The molecule has 1 saturated heterocycles. The second-order valence-corrected chi connectivity index (χ2v) is 15.5. The van der Waals surface area contributed by atoms with Crippen LogP contribution < -0.4 is 14.8 Å². The number of ether oxygens (including phenoxy) is 9. The number of aromatic amines is 1. The van der Waals surface area contributed by atoms with Gasteiger partial charge < -0.3 is 73.0 Å². The molecule has 1 aliphatic heterocycles. The van der Waals surface area contributed by atoms with Gasteiger partial charge in [-0.2, -0.15) is 0 Å². The quantitative estimate of drug-likeness (QED) is 0.0418. The number of H-pyrrole nitrogens is 1. The van der Waals surface area contributed by atoms with Gasteiger partial charge in [0.1, 0.15) is 49.1 Å². The van der Waals surface area contributed by atoms with E-state index in [2.05, 4.69) is 54.0 Å². The third-order valence-electron chi connectivity index (χ3n) is 9.91. The lowest BCUT2D eigenvalue weighted by atomic mass is 10.00. The lowest BCUT2D eigenvalue weighted by molar-refractivity contribution is -0.262. The van der Waals surface area contributed by atoms with Crippen molar-refractivity contribution in [3.05, 3.63) is 21.2 Å². The molecule has 8 atom stereocenters. The minimum atomic E-state index is -1.65. The van der Waals surface area contributed by atoms with Crippen LogP contribution in [0, 0.1) is 29.6 Å². The van der Waals surface area contributed by atoms with E-state index in [1.165, 1.54) is 6.20 Å². The van der Waals surface area contributed by atoms with Gasteiger partial charge in [-0.3, -0.25) is 4.79 Å². The fourth-order valence-corrected chi connectivity index (χ4v) is 8.33. The highest BCUT2D eigenvalue weighted by molar-refractivity contribution is 9.11. The van der Waals surface area contributed by atoms with Gasteiger partial charge in [0.25, 0.3) is 0 Å². The zero-order valence-electron chi connectivity index (χ0n) is 32.1. The van der Waals surface area contributed by atoms with Gasteiger partial charge in [0.05, 0.1) is 72.7 Å². The Morgan fingerprint density at radius 2 is 1.52 bits per heavy atom. The molecule has 1 unspecified atom stereocenters. The van der Waals surface area contributed by atoms with Gasteiger partial charge in [0, 0.05) is 38.6 Å². The molecular formula is C39H52Br2N2O15. The Bertz CT molecular complexity index is 1670. The Morgan fingerprint density at radius 3 is 2.22 bits per heavy atom. The zero-order valence-corrected chi connectivity index (χ0v) is 35.2. The van der Waals surface area contributed by atoms with E-state index in [4.69, 9.17) is 42.6 Å². The molecule has 17 nitrogen and oxygen atoms in total. The predicted molar refractivity (Wildman–Crippen MR) is 212 cm³/mol. The summed E-state index contributed by atoms with van der Waals surface area (Å²) >= 11 is 7.03. The van der Waals surface area contributed by atoms with E-state index >= 15 is 0 Å². The van der Waals surface area contributed by atoms with Crippen LogP contribution in [-0.2, 0) is 42.7 Å². The Labute approximate surface area is 353 Å². The number of rotatable bonds is 25. The molecule has 0 spiro atoms. The van der Waals surface area contributed by atoms with Gasteiger partial charge in [-0.05, 0) is 74.9 Å². The number of carbonyl (C=O) groups is 3. The first kappa shape index (κ1) is 46.0. The minimum Gasteiger partial charge on any atom is -0.489 e. The third kappa shape index (κ3) is 13.8. The first-order valence-corrected chi connectivity index (χ1v) is 21.0. The third-order valence-corrected chi connectivity index (χ3v) is 11.3. The molecule has 2 aliphatic carbocycles. The molecule has 1 aromatic heterocycles. The number of alkyl carbamates (subject to hydrolysis) is 1. The molecular weight excluding hydrogens is 896 g/mol. The van der Waals surface area contributed by atoms with Crippen molar-refractivity contribution in [3.63, 3.8) is 0 Å². The van der Waals surface area contributed by atoms with Crippen LogP contribution in [0.5, 0.6) is 11.5 Å². The van der Waals surface area contributed by atoms with E-state index < -0.39 is 36.8 Å². The number of fused-ring (bicyclic) bond motifs is 2. The Morgan fingerprint density at radius 1 is 0.862 bits per heavy atom. The number of nitrogens with one attached hydrogen (secondary N) is 2. The molecule has 1 aromatic carbocycles. The summed E-state index contributed by atoms with van der Waals surface area (Å²) in [5.74, 6) is 8.73. The molecule has 58 heavy (non-hydrogen) atoms. The number of carbonyl (C=O) groups excluding carboxylic acids is 3. The van der Waals surface area contributed by atoms with Crippen molar-refractivity contribution in [2.45, 2.75) is 69.2 Å². The highest BCUT2D eigenvalue weighted by Crippen LogP contribution is 2.52. The molecule has 322 valence electrons. The summed E-state index contributed by atoms with van der Waals surface area (Å²) in [7, 11) is 0. The molecule has 3 aliphatic rings. The monoisotopic (exact) mass is 946 g/mol. The van der Waals surface area contributed by atoms with Gasteiger partial charge in [-0.1, -0.05) is 0 Å². The minimum absolute atomic E-state index is 0.0651. The van der Waals surface area contributed by atoms with Crippen molar-refractivity contribution >= 4 is 61.1 Å². The molecule has 2 aromatic rings. The van der Waals surface area contributed by atoms with Crippen molar-refractivity contribution in [1.29, 1.82) is 0 Å². The number of hydrogen-bond acceptors (Lipinski definition) is 15. The maximum atomic E-state index is 12.1. The first-order chi connectivity index (χ1) is 28.2. The summed E-state index contributed by atoms with van der Waals surface area (Å²) in [5, 5.41) is 33.6. The number of aliphatic hydroxyl groups is 3. The summed E-state index contributed by atoms with van der Waals surface area (Å²) in [6.07, 6.45) is -1.33. The smallest absolute Gasteiger partial charge is 0.407 e. The highest BCUT2D eigenvalue weighted by atomic mass is 79.9. The summed E-state index contributed by atoms with van der Waals surface area (Å²) in [6, 6.07) is 1.76. The van der Waals surface area contributed by atoms with E-state index in [1.807, 2.05) is 0 Å². The summed E-state index contributed by atoms with van der Waals surface area (Å²) < 4.78 is 50.8. The fourth-order valence-electron chi connectivity index (χ4n) is 6.78. The lowest BCUT2D eigenvalue weighted by Gasteiger charge is -2.38. The summed E-state index contributed by atoms with van der Waals surface area (Å²) in [6.45, 7) is 3.52. The van der Waals surface area contributed by atoms with Crippen LogP contribution in [0.4, 0.5) is 4.79 Å². The Kier molecular flexibility index (Phi) is 19.3. The average Bonchev–Trinajstić information content (AvgIpc) is 3.68. The van der Waals surface area contributed by atoms with Crippen LogP contribution in [0.15, 0.2) is 21.2 Å². The van der Waals surface area contributed by atoms with Crippen molar-refractivity contribution in [1.82, 2.24) is 10.3 Å². The van der Waals surface area contributed by atoms with Crippen LogP contribution in [0.25, 0.3) is 10.9 Å². The van der Waals surface area contributed by atoms with E-state index in [1.54, 1.807) is 6.07 Å². The number of halogens is 2. The maximum absolute atomic E-state index is 12.1. The van der Waals surface area contributed by atoms with E-state index in [0.717, 1.165) is 25.7 Å². The molecule has 0 bridgehead atoms. The van der Waals surface area contributed by atoms with Crippen LogP contribution in [0.1, 0.15) is 38.5 Å². The van der Waals surface area contributed by atoms with Crippen LogP contribution in [0.3, 0.4) is 0 Å². The molecule has 19 heteroatoms.